The van der Waals surface area contributed by atoms with Crippen molar-refractivity contribution in [2.24, 2.45) is 5.41 Å². The van der Waals surface area contributed by atoms with Crippen molar-refractivity contribution < 1.29 is 18.3 Å². The Morgan fingerprint density at radius 2 is 1.67 bits per heavy atom. The summed E-state index contributed by atoms with van der Waals surface area (Å²) in [6.45, 7) is 3.08. The maximum atomic E-state index is 13.2. The van der Waals surface area contributed by atoms with Crippen LogP contribution in [0.5, 0.6) is 0 Å². The van der Waals surface area contributed by atoms with E-state index in [0.29, 0.717) is 0 Å². The Morgan fingerprint density at radius 3 is 2.20 bits per heavy atom. The van der Waals surface area contributed by atoms with Gasteiger partial charge in [0.05, 0.1) is 0 Å². The van der Waals surface area contributed by atoms with E-state index in [0.717, 1.165) is 12.1 Å². The third kappa shape index (κ3) is 2.72. The van der Waals surface area contributed by atoms with Gasteiger partial charge in [0.2, 0.25) is 0 Å². The fourth-order valence-corrected chi connectivity index (χ4v) is 1.27. The number of aliphatic hydroxyl groups excluding tert-OH is 1. The number of halogens is 3. The molecule has 0 bridgehead atoms. The molecule has 0 fully saturated rings. The monoisotopic (exact) mass is 218 g/mol. The van der Waals surface area contributed by atoms with E-state index >= 15 is 0 Å². The molecule has 15 heavy (non-hydrogen) atoms. The lowest BCUT2D eigenvalue weighted by Crippen LogP contribution is -2.21. The van der Waals surface area contributed by atoms with Gasteiger partial charge in [-0.05, 0) is 24.0 Å². The van der Waals surface area contributed by atoms with Gasteiger partial charge in [0, 0.05) is 12.2 Å². The summed E-state index contributed by atoms with van der Waals surface area (Å²) >= 11 is 0. The summed E-state index contributed by atoms with van der Waals surface area (Å²) in [5.41, 5.74) is -0.982. The van der Waals surface area contributed by atoms with Crippen LogP contribution in [0.4, 0.5) is 13.2 Å². The minimum absolute atomic E-state index is 0.0427. The molecule has 0 unspecified atom stereocenters. The fraction of sp³-hybridized carbons (Fsp3) is 0.455. The van der Waals surface area contributed by atoms with E-state index in [1.807, 2.05) is 0 Å². The maximum absolute atomic E-state index is 13.2. The molecule has 0 aliphatic heterocycles. The van der Waals surface area contributed by atoms with E-state index in [1.165, 1.54) is 0 Å². The van der Waals surface area contributed by atoms with Gasteiger partial charge in [0.15, 0.2) is 11.6 Å². The summed E-state index contributed by atoms with van der Waals surface area (Å²) in [5.74, 6) is -3.02. The predicted octanol–water partition coefficient (Wildman–Crippen LogP) is 2.66. The van der Waals surface area contributed by atoms with Crippen molar-refractivity contribution in [2.75, 3.05) is 6.61 Å². The highest BCUT2D eigenvalue weighted by atomic mass is 19.2. The Labute approximate surface area is 86.5 Å². The lowest BCUT2D eigenvalue weighted by Gasteiger charge is -2.22. The molecule has 1 nitrogen and oxygen atoms in total. The van der Waals surface area contributed by atoms with E-state index in [4.69, 9.17) is 5.11 Å². The highest BCUT2D eigenvalue weighted by Gasteiger charge is 2.23. The van der Waals surface area contributed by atoms with Crippen LogP contribution >= 0.6 is 0 Å². The molecule has 0 heterocycles. The molecular formula is C11H13F3O. The van der Waals surface area contributed by atoms with Gasteiger partial charge in [0.25, 0.3) is 0 Å². The first-order valence-electron chi connectivity index (χ1n) is 4.60. The summed E-state index contributed by atoms with van der Waals surface area (Å²) in [5, 5.41) is 8.97. The molecule has 0 saturated carbocycles. The molecule has 0 aliphatic rings. The SMILES string of the molecule is CC(C)(CO)Cc1c(F)ccc(F)c1F. The van der Waals surface area contributed by atoms with Gasteiger partial charge in [0.1, 0.15) is 5.82 Å². The van der Waals surface area contributed by atoms with Crippen LogP contribution in [0.1, 0.15) is 19.4 Å². The molecule has 1 aromatic carbocycles. The van der Waals surface area contributed by atoms with Gasteiger partial charge in [-0.3, -0.25) is 0 Å². The first-order chi connectivity index (χ1) is 6.87. The normalized spacial score (nSPS) is 11.9. The van der Waals surface area contributed by atoms with E-state index in [1.54, 1.807) is 13.8 Å². The van der Waals surface area contributed by atoms with E-state index in [2.05, 4.69) is 0 Å². The molecule has 0 atom stereocenters. The molecular weight excluding hydrogens is 205 g/mol. The Hall–Kier alpha value is -1.03. The standard InChI is InChI=1S/C11H13F3O/c1-11(2,6-15)5-7-8(12)3-4-9(13)10(7)14/h3-4,15H,5-6H2,1-2H3. The first-order valence-corrected chi connectivity index (χ1v) is 4.60. The van der Waals surface area contributed by atoms with Crippen LogP contribution in [0.25, 0.3) is 0 Å². The third-order valence-corrected chi connectivity index (χ3v) is 2.22. The second-order valence-corrected chi connectivity index (χ2v) is 4.32. The van der Waals surface area contributed by atoms with Crippen LogP contribution in [-0.2, 0) is 6.42 Å². The minimum atomic E-state index is -1.17. The van der Waals surface area contributed by atoms with E-state index in [9.17, 15) is 13.2 Å². The van der Waals surface area contributed by atoms with Crippen molar-refractivity contribution in [3.63, 3.8) is 0 Å². The Morgan fingerprint density at radius 1 is 1.13 bits per heavy atom. The first kappa shape index (κ1) is 12.0. The molecule has 84 valence electrons. The summed E-state index contributed by atoms with van der Waals surface area (Å²) < 4.78 is 39.3. The summed E-state index contributed by atoms with van der Waals surface area (Å²) in [4.78, 5) is 0. The molecule has 0 saturated heterocycles. The minimum Gasteiger partial charge on any atom is -0.396 e. The molecule has 1 aromatic rings. The Balaban J connectivity index is 3.09. The van der Waals surface area contributed by atoms with Gasteiger partial charge in [-0.25, -0.2) is 13.2 Å². The summed E-state index contributed by atoms with van der Waals surface area (Å²) in [6, 6.07) is 1.64. The molecule has 1 rings (SSSR count). The average Bonchev–Trinajstić information content (AvgIpc) is 2.19. The van der Waals surface area contributed by atoms with Gasteiger partial charge in [-0.15, -0.1) is 0 Å². The number of hydrogen-bond donors (Lipinski definition) is 1. The lowest BCUT2D eigenvalue weighted by atomic mass is 9.86. The predicted molar refractivity (Wildman–Crippen MR) is 50.9 cm³/mol. The average molecular weight is 218 g/mol. The zero-order chi connectivity index (χ0) is 11.6. The van der Waals surface area contributed by atoms with Crippen LogP contribution in [0.2, 0.25) is 0 Å². The number of benzene rings is 1. The molecule has 0 spiro atoms. The quantitative estimate of drug-likeness (QED) is 0.773. The highest BCUT2D eigenvalue weighted by Crippen LogP contribution is 2.25. The zero-order valence-corrected chi connectivity index (χ0v) is 8.65. The summed E-state index contributed by atoms with van der Waals surface area (Å²) in [7, 11) is 0. The molecule has 0 aromatic heterocycles. The van der Waals surface area contributed by atoms with Gasteiger partial charge < -0.3 is 5.11 Å². The van der Waals surface area contributed by atoms with Gasteiger partial charge in [-0.2, -0.15) is 0 Å². The van der Waals surface area contributed by atoms with Crippen molar-refractivity contribution in [1.82, 2.24) is 0 Å². The lowest BCUT2D eigenvalue weighted by molar-refractivity contribution is 0.157. The van der Waals surface area contributed by atoms with Crippen LogP contribution < -0.4 is 0 Å². The van der Waals surface area contributed by atoms with Crippen molar-refractivity contribution in [1.29, 1.82) is 0 Å². The molecule has 0 aliphatic carbocycles. The largest absolute Gasteiger partial charge is 0.396 e. The van der Waals surface area contributed by atoms with Crippen LogP contribution in [0.15, 0.2) is 12.1 Å². The van der Waals surface area contributed by atoms with Crippen LogP contribution in [0.3, 0.4) is 0 Å². The molecule has 0 amide bonds. The van der Waals surface area contributed by atoms with Crippen molar-refractivity contribution in [3.8, 4) is 0 Å². The topological polar surface area (TPSA) is 20.2 Å². The number of aliphatic hydroxyl groups is 1. The maximum Gasteiger partial charge on any atom is 0.164 e. The van der Waals surface area contributed by atoms with E-state index < -0.39 is 22.9 Å². The summed E-state index contributed by atoms with van der Waals surface area (Å²) in [6.07, 6.45) is -0.0427. The van der Waals surface area contributed by atoms with Gasteiger partial charge >= 0.3 is 0 Å². The third-order valence-electron chi connectivity index (χ3n) is 2.22. The second kappa shape index (κ2) is 4.23. The van der Waals surface area contributed by atoms with Crippen LogP contribution in [0, 0.1) is 22.9 Å². The number of hydrogen-bond acceptors (Lipinski definition) is 1. The smallest absolute Gasteiger partial charge is 0.164 e. The Bertz CT molecular complexity index is 361. The van der Waals surface area contributed by atoms with Gasteiger partial charge in [-0.1, -0.05) is 13.8 Å². The number of rotatable bonds is 3. The highest BCUT2D eigenvalue weighted by molar-refractivity contribution is 5.22. The van der Waals surface area contributed by atoms with Crippen molar-refractivity contribution in [3.05, 3.63) is 35.1 Å². The fourth-order valence-electron chi connectivity index (χ4n) is 1.27. The van der Waals surface area contributed by atoms with E-state index in [-0.39, 0.29) is 18.6 Å². The molecule has 1 N–H and O–H groups in total. The molecule has 0 radical (unpaired) electrons. The van der Waals surface area contributed by atoms with Crippen molar-refractivity contribution in [2.45, 2.75) is 20.3 Å². The van der Waals surface area contributed by atoms with Crippen molar-refractivity contribution >= 4 is 0 Å². The van der Waals surface area contributed by atoms with Crippen LogP contribution in [-0.4, -0.2) is 11.7 Å². The molecule has 4 heteroatoms. The second-order valence-electron chi connectivity index (χ2n) is 4.32. The zero-order valence-electron chi connectivity index (χ0n) is 8.65. The Kier molecular flexibility index (Phi) is 3.39.